The Morgan fingerprint density at radius 1 is 1.43 bits per heavy atom. The standard InChI is InChI=1S/C12H10Cl3N3O2S/c1-7-5-9(17-6-16-7)21-11(12(13,14)15)18-10(19)8-3-2-4-20-8/h2-6,11H,1H3,(H,18,19). The van der Waals surface area contributed by atoms with Crippen LogP contribution in [-0.2, 0) is 0 Å². The number of aromatic nitrogens is 2. The third kappa shape index (κ3) is 4.78. The number of rotatable bonds is 4. The lowest BCUT2D eigenvalue weighted by atomic mass is 10.4. The monoisotopic (exact) mass is 365 g/mol. The number of hydrogen-bond donors (Lipinski definition) is 1. The third-order valence-electron chi connectivity index (χ3n) is 2.32. The summed E-state index contributed by atoms with van der Waals surface area (Å²) in [4.78, 5) is 20.0. The van der Waals surface area contributed by atoms with Crippen molar-refractivity contribution in [3.8, 4) is 0 Å². The summed E-state index contributed by atoms with van der Waals surface area (Å²) in [6.45, 7) is 1.82. The molecule has 0 aliphatic rings. The van der Waals surface area contributed by atoms with Crippen LogP contribution >= 0.6 is 46.6 Å². The van der Waals surface area contributed by atoms with Gasteiger partial charge in [-0.3, -0.25) is 4.79 Å². The van der Waals surface area contributed by atoms with Gasteiger partial charge in [0.2, 0.25) is 3.79 Å². The number of furan rings is 1. The maximum Gasteiger partial charge on any atom is 0.287 e. The first kappa shape index (κ1) is 16.4. The number of nitrogens with zero attached hydrogens (tertiary/aromatic N) is 2. The predicted molar refractivity (Wildman–Crippen MR) is 82.9 cm³/mol. The molecule has 0 bridgehead atoms. The minimum Gasteiger partial charge on any atom is -0.459 e. The van der Waals surface area contributed by atoms with Crippen molar-refractivity contribution < 1.29 is 9.21 Å². The van der Waals surface area contributed by atoms with E-state index in [4.69, 9.17) is 39.2 Å². The number of nitrogens with one attached hydrogen (secondary N) is 1. The molecule has 0 aliphatic carbocycles. The second-order valence-electron chi connectivity index (χ2n) is 3.99. The van der Waals surface area contributed by atoms with Crippen LogP contribution in [0.2, 0.25) is 0 Å². The van der Waals surface area contributed by atoms with Gasteiger partial charge in [-0.05, 0) is 25.1 Å². The van der Waals surface area contributed by atoms with Crippen LogP contribution in [0.15, 0.2) is 40.2 Å². The van der Waals surface area contributed by atoms with Crippen molar-refractivity contribution in [2.45, 2.75) is 21.1 Å². The first-order chi connectivity index (χ1) is 9.86. The zero-order valence-electron chi connectivity index (χ0n) is 10.7. The van der Waals surface area contributed by atoms with Gasteiger partial charge >= 0.3 is 0 Å². The van der Waals surface area contributed by atoms with E-state index >= 15 is 0 Å². The topological polar surface area (TPSA) is 68.0 Å². The summed E-state index contributed by atoms with van der Waals surface area (Å²) in [5.41, 5.74) is 0.771. The molecule has 0 aliphatic heterocycles. The number of halogens is 3. The predicted octanol–water partition coefficient (Wildman–Crippen LogP) is 3.60. The summed E-state index contributed by atoms with van der Waals surface area (Å²) in [5.74, 6) is -0.344. The van der Waals surface area contributed by atoms with Crippen molar-refractivity contribution in [2.75, 3.05) is 0 Å². The molecule has 2 rings (SSSR count). The third-order valence-corrected chi connectivity index (χ3v) is 4.54. The Morgan fingerprint density at radius 3 is 2.76 bits per heavy atom. The average Bonchev–Trinajstić information content (AvgIpc) is 2.90. The fourth-order valence-corrected chi connectivity index (χ4v) is 2.84. The molecule has 2 aromatic rings. The SMILES string of the molecule is Cc1cc(SC(NC(=O)c2ccco2)C(Cl)(Cl)Cl)ncn1. The van der Waals surface area contributed by atoms with E-state index in [2.05, 4.69) is 15.3 Å². The molecule has 112 valence electrons. The largest absolute Gasteiger partial charge is 0.459 e. The molecule has 0 radical (unpaired) electrons. The summed E-state index contributed by atoms with van der Waals surface area (Å²) in [6, 6.07) is 4.84. The van der Waals surface area contributed by atoms with Crippen LogP contribution in [0.3, 0.4) is 0 Å². The molecule has 0 spiro atoms. The number of carbonyl (C=O) groups excluding carboxylic acids is 1. The average molecular weight is 367 g/mol. The zero-order valence-corrected chi connectivity index (χ0v) is 13.8. The second kappa shape index (κ2) is 6.87. The Labute approximate surface area is 140 Å². The quantitative estimate of drug-likeness (QED) is 0.387. The molecular weight excluding hydrogens is 357 g/mol. The Kier molecular flexibility index (Phi) is 5.37. The van der Waals surface area contributed by atoms with Gasteiger partial charge in [0.25, 0.3) is 5.91 Å². The Balaban J connectivity index is 2.14. The van der Waals surface area contributed by atoms with E-state index in [1.54, 1.807) is 12.1 Å². The molecule has 0 saturated heterocycles. The van der Waals surface area contributed by atoms with Gasteiger partial charge in [-0.15, -0.1) is 0 Å². The molecule has 1 atom stereocenters. The molecule has 1 N–H and O–H groups in total. The summed E-state index contributed by atoms with van der Waals surface area (Å²) in [7, 11) is 0. The van der Waals surface area contributed by atoms with Gasteiger partial charge in [-0.25, -0.2) is 9.97 Å². The normalized spacial score (nSPS) is 13.0. The number of aryl methyl sites for hydroxylation is 1. The van der Waals surface area contributed by atoms with Gasteiger partial charge in [0.05, 0.1) is 6.26 Å². The molecule has 0 aromatic carbocycles. The van der Waals surface area contributed by atoms with E-state index in [-0.39, 0.29) is 5.76 Å². The first-order valence-electron chi connectivity index (χ1n) is 5.72. The van der Waals surface area contributed by atoms with Crippen molar-refractivity contribution in [3.63, 3.8) is 0 Å². The van der Waals surface area contributed by atoms with Crippen molar-refractivity contribution in [1.29, 1.82) is 0 Å². The highest BCUT2D eigenvalue weighted by Crippen LogP contribution is 2.38. The fourth-order valence-electron chi connectivity index (χ4n) is 1.39. The van der Waals surface area contributed by atoms with Gasteiger partial charge in [0, 0.05) is 5.69 Å². The summed E-state index contributed by atoms with van der Waals surface area (Å²) >= 11 is 18.9. The number of hydrogen-bond acceptors (Lipinski definition) is 5. The Hall–Kier alpha value is -0.950. The minimum atomic E-state index is -1.72. The second-order valence-corrected chi connectivity index (χ2v) is 7.48. The lowest BCUT2D eigenvalue weighted by Crippen LogP contribution is -2.41. The molecule has 0 saturated carbocycles. The lowest BCUT2D eigenvalue weighted by molar-refractivity contribution is 0.0922. The highest BCUT2D eigenvalue weighted by atomic mass is 35.6. The molecule has 0 fully saturated rings. The zero-order chi connectivity index (χ0) is 15.5. The van der Waals surface area contributed by atoms with Gasteiger partial charge in [0.1, 0.15) is 16.7 Å². The number of amides is 1. The molecule has 2 aromatic heterocycles. The molecule has 2 heterocycles. The van der Waals surface area contributed by atoms with Crippen LogP contribution < -0.4 is 5.32 Å². The van der Waals surface area contributed by atoms with E-state index in [0.29, 0.717) is 5.03 Å². The van der Waals surface area contributed by atoms with Crippen LogP contribution in [0.5, 0.6) is 0 Å². The van der Waals surface area contributed by atoms with Crippen LogP contribution in [0.4, 0.5) is 0 Å². The molecule has 1 unspecified atom stereocenters. The first-order valence-corrected chi connectivity index (χ1v) is 7.74. The van der Waals surface area contributed by atoms with Gasteiger partial charge in [0.15, 0.2) is 5.76 Å². The van der Waals surface area contributed by atoms with Crippen molar-refractivity contribution >= 4 is 52.5 Å². The maximum atomic E-state index is 12.0. The van der Waals surface area contributed by atoms with E-state index in [9.17, 15) is 4.79 Å². The highest BCUT2D eigenvalue weighted by molar-refractivity contribution is 8.00. The van der Waals surface area contributed by atoms with Gasteiger partial charge in [-0.1, -0.05) is 46.6 Å². The van der Waals surface area contributed by atoms with E-state index in [1.165, 1.54) is 18.7 Å². The lowest BCUT2D eigenvalue weighted by Gasteiger charge is -2.24. The molecular formula is C12H10Cl3N3O2S. The van der Waals surface area contributed by atoms with Crippen molar-refractivity contribution in [1.82, 2.24) is 15.3 Å². The number of thioether (sulfide) groups is 1. The van der Waals surface area contributed by atoms with Crippen LogP contribution in [0.25, 0.3) is 0 Å². The summed E-state index contributed by atoms with van der Waals surface area (Å²) < 4.78 is 3.29. The van der Waals surface area contributed by atoms with Crippen molar-refractivity contribution in [3.05, 3.63) is 42.2 Å². The molecule has 21 heavy (non-hydrogen) atoms. The molecule has 1 amide bonds. The number of alkyl halides is 3. The van der Waals surface area contributed by atoms with E-state index in [0.717, 1.165) is 17.5 Å². The Morgan fingerprint density at radius 2 is 2.19 bits per heavy atom. The van der Waals surface area contributed by atoms with Gasteiger partial charge in [-0.2, -0.15) is 0 Å². The summed E-state index contributed by atoms with van der Waals surface area (Å²) in [6.07, 6.45) is 2.79. The Bertz CT molecular complexity index is 616. The van der Waals surface area contributed by atoms with Crippen molar-refractivity contribution in [2.24, 2.45) is 0 Å². The minimum absolute atomic E-state index is 0.133. The molecule has 5 nitrogen and oxygen atoms in total. The summed E-state index contributed by atoms with van der Waals surface area (Å²) in [5, 5.41) is 2.34. The van der Waals surface area contributed by atoms with E-state index < -0.39 is 15.1 Å². The smallest absolute Gasteiger partial charge is 0.287 e. The van der Waals surface area contributed by atoms with Gasteiger partial charge < -0.3 is 9.73 Å². The highest BCUT2D eigenvalue weighted by Gasteiger charge is 2.35. The van der Waals surface area contributed by atoms with Crippen LogP contribution in [0, 0.1) is 6.92 Å². The fraction of sp³-hybridized carbons (Fsp3) is 0.250. The molecule has 9 heteroatoms. The maximum absolute atomic E-state index is 12.0. The van der Waals surface area contributed by atoms with Crippen LogP contribution in [0.1, 0.15) is 16.2 Å². The van der Waals surface area contributed by atoms with E-state index in [1.807, 2.05) is 6.92 Å². The van der Waals surface area contributed by atoms with Crippen LogP contribution in [-0.4, -0.2) is 25.0 Å². The number of carbonyl (C=O) groups is 1.